The molecule has 0 aromatic rings. The van der Waals surface area contributed by atoms with Gasteiger partial charge < -0.3 is 5.11 Å². The quantitative estimate of drug-likeness (QED) is 0.585. The van der Waals surface area contributed by atoms with Crippen molar-refractivity contribution in [3.8, 4) is 0 Å². The van der Waals surface area contributed by atoms with Crippen LogP contribution in [0.25, 0.3) is 0 Å². The van der Waals surface area contributed by atoms with Crippen LogP contribution in [0.15, 0.2) is 23.8 Å². The predicted molar refractivity (Wildman–Crippen MR) is 68.6 cm³/mol. The molecule has 0 amide bonds. The number of carbonyl (C=O) groups is 1. The molecule has 2 aliphatic carbocycles. The van der Waals surface area contributed by atoms with Crippen molar-refractivity contribution in [3.63, 3.8) is 0 Å². The second kappa shape index (κ2) is 4.67. The van der Waals surface area contributed by atoms with Crippen LogP contribution in [0, 0.1) is 23.7 Å². The molecule has 2 unspecified atom stereocenters. The number of fused-ring (bicyclic) bond motifs is 1. The molecule has 2 rings (SSSR count). The lowest BCUT2D eigenvalue weighted by Crippen LogP contribution is -2.36. The van der Waals surface area contributed by atoms with Crippen LogP contribution in [0.1, 0.15) is 39.5 Å². The van der Waals surface area contributed by atoms with Gasteiger partial charge in [-0.15, -0.1) is 0 Å². The van der Waals surface area contributed by atoms with Crippen LogP contribution in [0.4, 0.5) is 0 Å². The van der Waals surface area contributed by atoms with Crippen LogP contribution in [0.2, 0.25) is 0 Å². The fourth-order valence-corrected chi connectivity index (χ4v) is 3.61. The van der Waals surface area contributed by atoms with E-state index in [-0.39, 0.29) is 5.92 Å². The highest BCUT2D eigenvalue weighted by molar-refractivity contribution is 5.86. The van der Waals surface area contributed by atoms with Crippen LogP contribution in [-0.2, 0) is 4.79 Å². The van der Waals surface area contributed by atoms with Crippen LogP contribution >= 0.6 is 0 Å². The van der Waals surface area contributed by atoms with Crippen LogP contribution in [0.3, 0.4) is 0 Å². The zero-order valence-electron chi connectivity index (χ0n) is 10.8. The summed E-state index contributed by atoms with van der Waals surface area (Å²) in [7, 11) is 0. The van der Waals surface area contributed by atoms with E-state index in [1.807, 2.05) is 0 Å². The molecular weight excluding hydrogens is 212 g/mol. The lowest BCUT2D eigenvalue weighted by atomic mass is 9.61. The van der Waals surface area contributed by atoms with E-state index in [0.29, 0.717) is 17.4 Å². The van der Waals surface area contributed by atoms with E-state index in [1.165, 1.54) is 18.4 Å². The third-order valence-electron chi connectivity index (χ3n) is 4.69. The summed E-state index contributed by atoms with van der Waals surface area (Å²) < 4.78 is 0. The maximum Gasteiger partial charge on any atom is 0.331 e. The molecule has 94 valence electrons. The number of aliphatic carboxylic acids is 1. The number of carboxylic acids is 1. The Morgan fingerprint density at radius 2 is 2.12 bits per heavy atom. The Bertz CT molecular complexity index is 367. The molecule has 0 aromatic carbocycles. The monoisotopic (exact) mass is 234 g/mol. The van der Waals surface area contributed by atoms with Gasteiger partial charge in [0.05, 0.1) is 0 Å². The highest BCUT2D eigenvalue weighted by atomic mass is 16.4. The fraction of sp³-hybridized carbons (Fsp3) is 0.667. The van der Waals surface area contributed by atoms with Crippen molar-refractivity contribution in [1.29, 1.82) is 0 Å². The Kier molecular flexibility index (Phi) is 3.41. The largest absolute Gasteiger partial charge is 0.478 e. The summed E-state index contributed by atoms with van der Waals surface area (Å²) in [6.45, 7) is 8.26. The van der Waals surface area contributed by atoms with Gasteiger partial charge in [0.1, 0.15) is 0 Å². The minimum Gasteiger partial charge on any atom is -0.478 e. The van der Waals surface area contributed by atoms with Gasteiger partial charge in [0, 0.05) is 5.57 Å². The van der Waals surface area contributed by atoms with Gasteiger partial charge >= 0.3 is 5.97 Å². The summed E-state index contributed by atoms with van der Waals surface area (Å²) in [4.78, 5) is 11.1. The van der Waals surface area contributed by atoms with Crippen molar-refractivity contribution in [2.45, 2.75) is 39.5 Å². The average Bonchev–Trinajstić information content (AvgIpc) is 2.28. The van der Waals surface area contributed by atoms with Crippen LogP contribution in [0.5, 0.6) is 0 Å². The normalized spacial score (nSPS) is 36.9. The van der Waals surface area contributed by atoms with Gasteiger partial charge in [-0.2, -0.15) is 0 Å². The van der Waals surface area contributed by atoms with Crippen molar-refractivity contribution in [2.24, 2.45) is 23.7 Å². The fourth-order valence-electron chi connectivity index (χ4n) is 3.61. The minimum atomic E-state index is -0.820. The minimum absolute atomic E-state index is 0.156. The molecule has 0 bridgehead atoms. The molecule has 0 saturated heterocycles. The van der Waals surface area contributed by atoms with Crippen molar-refractivity contribution < 1.29 is 9.90 Å². The summed E-state index contributed by atoms with van der Waals surface area (Å²) in [5.74, 6) is 1.13. The van der Waals surface area contributed by atoms with E-state index in [0.717, 1.165) is 18.8 Å². The molecule has 1 saturated carbocycles. The van der Waals surface area contributed by atoms with E-state index in [1.54, 1.807) is 0 Å². The lowest BCUT2D eigenvalue weighted by molar-refractivity contribution is -0.133. The lowest BCUT2D eigenvalue weighted by Gasteiger charge is -2.43. The Morgan fingerprint density at radius 1 is 1.41 bits per heavy atom. The first-order valence-corrected chi connectivity index (χ1v) is 6.60. The number of hydrogen-bond acceptors (Lipinski definition) is 1. The predicted octanol–water partition coefficient (Wildman–Crippen LogP) is 3.65. The molecule has 1 N–H and O–H groups in total. The first-order chi connectivity index (χ1) is 8.00. The van der Waals surface area contributed by atoms with E-state index < -0.39 is 5.97 Å². The molecule has 0 aromatic heterocycles. The molecule has 0 aliphatic heterocycles. The highest BCUT2D eigenvalue weighted by Gasteiger charge is 2.39. The Balaban J connectivity index is 2.26. The van der Waals surface area contributed by atoms with E-state index in [2.05, 4.69) is 26.5 Å². The maximum atomic E-state index is 11.1. The SMILES string of the molecule is C=C(C(=O)O)C1CCC(C)[C@@H]2CCC(C)=C[C@H]12. The molecular formula is C15H22O2. The van der Waals surface area contributed by atoms with Gasteiger partial charge in [-0.1, -0.05) is 25.2 Å². The van der Waals surface area contributed by atoms with Crippen molar-refractivity contribution >= 4 is 5.97 Å². The van der Waals surface area contributed by atoms with Gasteiger partial charge in [0.15, 0.2) is 0 Å². The zero-order valence-corrected chi connectivity index (χ0v) is 10.8. The molecule has 0 heterocycles. The van der Waals surface area contributed by atoms with Crippen molar-refractivity contribution in [2.75, 3.05) is 0 Å². The summed E-state index contributed by atoms with van der Waals surface area (Å²) in [5, 5.41) is 9.14. The first kappa shape index (κ1) is 12.4. The summed E-state index contributed by atoms with van der Waals surface area (Å²) >= 11 is 0. The molecule has 2 aliphatic rings. The van der Waals surface area contributed by atoms with Gasteiger partial charge in [-0.05, 0) is 56.3 Å². The Morgan fingerprint density at radius 3 is 2.76 bits per heavy atom. The third kappa shape index (κ3) is 2.31. The smallest absolute Gasteiger partial charge is 0.331 e. The van der Waals surface area contributed by atoms with Crippen molar-refractivity contribution in [1.82, 2.24) is 0 Å². The maximum absolute atomic E-state index is 11.1. The van der Waals surface area contributed by atoms with Crippen LogP contribution in [-0.4, -0.2) is 11.1 Å². The molecule has 0 spiro atoms. The Labute approximate surface area is 103 Å². The molecule has 2 heteroatoms. The number of hydrogen-bond donors (Lipinski definition) is 1. The van der Waals surface area contributed by atoms with E-state index in [9.17, 15) is 4.79 Å². The topological polar surface area (TPSA) is 37.3 Å². The standard InChI is InChI=1S/C15H22O2/c1-9-4-6-12-10(2)5-7-13(14(12)8-9)11(3)15(16)17/h8,10,12-14H,3-7H2,1-2H3,(H,16,17)/t10?,12-,13?,14-/m0/s1. The summed E-state index contributed by atoms with van der Waals surface area (Å²) in [6, 6.07) is 0. The van der Waals surface area contributed by atoms with Crippen molar-refractivity contribution in [3.05, 3.63) is 23.8 Å². The van der Waals surface area contributed by atoms with Crippen LogP contribution < -0.4 is 0 Å². The molecule has 4 atom stereocenters. The number of carboxylic acid groups (broad SMARTS) is 1. The Hall–Kier alpha value is -1.05. The second-order valence-corrected chi connectivity index (χ2v) is 5.78. The first-order valence-electron chi connectivity index (χ1n) is 6.60. The average molecular weight is 234 g/mol. The van der Waals surface area contributed by atoms with Gasteiger partial charge in [-0.25, -0.2) is 4.79 Å². The van der Waals surface area contributed by atoms with E-state index >= 15 is 0 Å². The summed E-state index contributed by atoms with van der Waals surface area (Å²) in [5.41, 5.74) is 1.83. The second-order valence-electron chi connectivity index (χ2n) is 5.78. The molecule has 1 fully saturated rings. The summed E-state index contributed by atoms with van der Waals surface area (Å²) in [6.07, 6.45) is 6.85. The molecule has 17 heavy (non-hydrogen) atoms. The van der Waals surface area contributed by atoms with Gasteiger partial charge in [0.2, 0.25) is 0 Å². The number of allylic oxidation sites excluding steroid dienone is 2. The van der Waals surface area contributed by atoms with Gasteiger partial charge in [-0.3, -0.25) is 0 Å². The zero-order chi connectivity index (χ0) is 12.6. The third-order valence-corrected chi connectivity index (χ3v) is 4.69. The number of rotatable bonds is 2. The molecule has 0 radical (unpaired) electrons. The van der Waals surface area contributed by atoms with Gasteiger partial charge in [0.25, 0.3) is 0 Å². The molecule has 2 nitrogen and oxygen atoms in total. The highest BCUT2D eigenvalue weighted by Crippen LogP contribution is 2.47. The van der Waals surface area contributed by atoms with E-state index in [4.69, 9.17) is 5.11 Å².